The molecule has 0 fully saturated rings. The van der Waals surface area contributed by atoms with Crippen molar-refractivity contribution in [3.8, 4) is 0 Å². The maximum atomic E-state index is 13.0. The van der Waals surface area contributed by atoms with Crippen molar-refractivity contribution in [2.24, 2.45) is 0 Å². The van der Waals surface area contributed by atoms with E-state index in [9.17, 15) is 9.59 Å². The molecular weight excluding hydrogens is 368 g/mol. The Balaban J connectivity index is 1.60. The van der Waals surface area contributed by atoms with E-state index in [0.29, 0.717) is 23.3 Å². The molecule has 0 radical (unpaired) electrons. The molecule has 0 bridgehead atoms. The normalized spacial score (nSPS) is 16.3. The van der Waals surface area contributed by atoms with Gasteiger partial charge in [-0.05, 0) is 50.3 Å². The number of nitrogens with zero attached hydrogens (tertiary/aromatic N) is 3. The first-order valence-electron chi connectivity index (χ1n) is 9.83. The smallest absolute Gasteiger partial charge is 0.408 e. The Morgan fingerprint density at radius 3 is 2.83 bits per heavy atom. The van der Waals surface area contributed by atoms with E-state index in [4.69, 9.17) is 4.42 Å². The number of fused-ring (bicyclic) bond motifs is 2. The van der Waals surface area contributed by atoms with Crippen LogP contribution in [0.1, 0.15) is 17.9 Å². The second-order valence-corrected chi connectivity index (χ2v) is 7.82. The standard InChI is InChI=1S/C22H26N4O3/c1-24(2)12-13-26-19-14-15(8-9-20(19)29-22(26)28)23-21(27)17-10-11-25(3)18-7-5-4-6-16(17)18/h4-9,14,17H,10-13H2,1-3H3,(H,23,27). The molecule has 1 atom stereocenters. The highest BCUT2D eigenvalue weighted by Gasteiger charge is 2.28. The van der Waals surface area contributed by atoms with Gasteiger partial charge in [0.15, 0.2) is 5.58 Å². The molecule has 29 heavy (non-hydrogen) atoms. The Morgan fingerprint density at radius 1 is 1.24 bits per heavy atom. The molecule has 0 spiro atoms. The van der Waals surface area contributed by atoms with Crippen LogP contribution in [0.4, 0.5) is 11.4 Å². The molecule has 2 heterocycles. The average molecular weight is 394 g/mol. The molecule has 3 aromatic rings. The van der Waals surface area contributed by atoms with Crippen LogP contribution >= 0.6 is 0 Å². The van der Waals surface area contributed by atoms with Gasteiger partial charge in [0, 0.05) is 38.1 Å². The largest absolute Gasteiger partial charge is 0.419 e. The molecule has 1 unspecified atom stereocenters. The van der Waals surface area contributed by atoms with E-state index >= 15 is 0 Å². The number of para-hydroxylation sites is 1. The van der Waals surface area contributed by atoms with E-state index in [2.05, 4.69) is 16.3 Å². The molecular formula is C22H26N4O3. The fourth-order valence-corrected chi connectivity index (χ4v) is 3.88. The van der Waals surface area contributed by atoms with Crippen molar-refractivity contribution in [2.75, 3.05) is 44.4 Å². The van der Waals surface area contributed by atoms with E-state index in [0.717, 1.165) is 30.8 Å². The molecule has 1 N–H and O–H groups in total. The molecule has 0 saturated heterocycles. The van der Waals surface area contributed by atoms with E-state index in [-0.39, 0.29) is 17.6 Å². The summed E-state index contributed by atoms with van der Waals surface area (Å²) in [6, 6.07) is 13.4. The fourth-order valence-electron chi connectivity index (χ4n) is 3.88. The summed E-state index contributed by atoms with van der Waals surface area (Å²) in [7, 11) is 5.96. The number of nitrogens with one attached hydrogen (secondary N) is 1. The first-order chi connectivity index (χ1) is 13.9. The quantitative estimate of drug-likeness (QED) is 0.721. The molecule has 7 heteroatoms. The van der Waals surface area contributed by atoms with E-state index < -0.39 is 0 Å². The zero-order valence-corrected chi connectivity index (χ0v) is 17.0. The SMILES string of the molecule is CN(C)CCn1c(=O)oc2ccc(NC(=O)C3CCN(C)c4ccccc43)cc21. The van der Waals surface area contributed by atoms with Crippen LogP contribution in [0, 0.1) is 0 Å². The Kier molecular flexibility index (Phi) is 5.15. The molecule has 1 aliphatic rings. The van der Waals surface area contributed by atoms with Gasteiger partial charge in [-0.25, -0.2) is 4.79 Å². The maximum absolute atomic E-state index is 13.0. The van der Waals surface area contributed by atoms with Crippen LogP contribution in [0.2, 0.25) is 0 Å². The molecule has 1 aliphatic heterocycles. The van der Waals surface area contributed by atoms with Crippen LogP contribution in [-0.2, 0) is 11.3 Å². The monoisotopic (exact) mass is 394 g/mol. The summed E-state index contributed by atoms with van der Waals surface area (Å²) in [6.07, 6.45) is 0.765. The van der Waals surface area contributed by atoms with Gasteiger partial charge in [0.05, 0.1) is 11.4 Å². The summed E-state index contributed by atoms with van der Waals surface area (Å²) in [5, 5.41) is 3.04. The van der Waals surface area contributed by atoms with Crippen molar-refractivity contribution in [2.45, 2.75) is 18.9 Å². The van der Waals surface area contributed by atoms with Crippen molar-refractivity contribution in [3.05, 3.63) is 58.6 Å². The van der Waals surface area contributed by atoms with E-state index in [1.807, 2.05) is 50.3 Å². The van der Waals surface area contributed by atoms with E-state index in [1.54, 1.807) is 16.7 Å². The van der Waals surface area contributed by atoms with Gasteiger partial charge >= 0.3 is 5.76 Å². The number of hydrogen-bond donors (Lipinski definition) is 1. The number of oxazole rings is 1. The van der Waals surface area contributed by atoms with Gasteiger partial charge in [-0.2, -0.15) is 0 Å². The number of rotatable bonds is 5. The topological polar surface area (TPSA) is 70.7 Å². The average Bonchev–Trinajstić information content (AvgIpc) is 3.01. The summed E-state index contributed by atoms with van der Waals surface area (Å²) in [6.45, 7) is 2.08. The predicted octanol–water partition coefficient (Wildman–Crippen LogP) is 2.72. The molecule has 0 aliphatic carbocycles. The van der Waals surface area contributed by atoms with Gasteiger partial charge in [0.2, 0.25) is 5.91 Å². The van der Waals surface area contributed by atoms with Gasteiger partial charge in [-0.15, -0.1) is 0 Å². The first kappa shape index (κ1) is 19.3. The zero-order valence-electron chi connectivity index (χ0n) is 17.0. The lowest BCUT2D eigenvalue weighted by molar-refractivity contribution is -0.117. The van der Waals surface area contributed by atoms with E-state index in [1.165, 1.54) is 0 Å². The summed E-state index contributed by atoms with van der Waals surface area (Å²) in [4.78, 5) is 29.4. The van der Waals surface area contributed by atoms with Gasteiger partial charge < -0.3 is 19.5 Å². The van der Waals surface area contributed by atoms with Gasteiger partial charge in [0.1, 0.15) is 0 Å². The highest BCUT2D eigenvalue weighted by atomic mass is 16.4. The van der Waals surface area contributed by atoms with Crippen molar-refractivity contribution in [1.82, 2.24) is 9.47 Å². The third-order valence-electron chi connectivity index (χ3n) is 5.50. The van der Waals surface area contributed by atoms with Crippen molar-refractivity contribution in [3.63, 3.8) is 0 Å². The number of aromatic nitrogens is 1. The summed E-state index contributed by atoms with van der Waals surface area (Å²) >= 11 is 0. The molecule has 4 rings (SSSR count). The molecule has 0 saturated carbocycles. The van der Waals surface area contributed by atoms with Crippen molar-refractivity contribution < 1.29 is 9.21 Å². The van der Waals surface area contributed by atoms with Gasteiger partial charge in [0.25, 0.3) is 0 Å². The lowest BCUT2D eigenvalue weighted by Gasteiger charge is -2.32. The Hall–Kier alpha value is -3.06. The Morgan fingerprint density at radius 2 is 2.03 bits per heavy atom. The number of anilines is 2. The highest BCUT2D eigenvalue weighted by Crippen LogP contribution is 2.35. The van der Waals surface area contributed by atoms with Crippen LogP contribution < -0.4 is 16.0 Å². The van der Waals surface area contributed by atoms with Crippen LogP contribution in [0.3, 0.4) is 0 Å². The number of carbonyl (C=O) groups excluding carboxylic acids is 1. The number of hydrogen-bond acceptors (Lipinski definition) is 5. The summed E-state index contributed by atoms with van der Waals surface area (Å²) in [5.41, 5.74) is 4.03. The zero-order chi connectivity index (χ0) is 20.5. The van der Waals surface area contributed by atoms with Gasteiger partial charge in [-0.1, -0.05) is 18.2 Å². The third kappa shape index (κ3) is 3.78. The first-order valence-corrected chi connectivity index (χ1v) is 9.83. The minimum Gasteiger partial charge on any atom is -0.408 e. The van der Waals surface area contributed by atoms with Crippen LogP contribution in [0.15, 0.2) is 51.7 Å². The predicted molar refractivity (Wildman–Crippen MR) is 115 cm³/mol. The Bertz CT molecular complexity index is 1100. The number of benzene rings is 2. The lowest BCUT2D eigenvalue weighted by atomic mass is 9.89. The second-order valence-electron chi connectivity index (χ2n) is 7.82. The van der Waals surface area contributed by atoms with Crippen LogP contribution in [0.5, 0.6) is 0 Å². The minimum atomic E-state index is -0.380. The molecule has 1 aromatic heterocycles. The second kappa shape index (κ2) is 7.75. The molecule has 152 valence electrons. The number of carbonyl (C=O) groups is 1. The maximum Gasteiger partial charge on any atom is 0.419 e. The third-order valence-corrected chi connectivity index (χ3v) is 5.50. The van der Waals surface area contributed by atoms with Gasteiger partial charge in [-0.3, -0.25) is 9.36 Å². The molecule has 2 aromatic carbocycles. The number of likely N-dealkylation sites (N-methyl/N-ethyl adjacent to an activating group) is 1. The summed E-state index contributed by atoms with van der Waals surface area (Å²) < 4.78 is 6.94. The fraction of sp³-hybridized carbons (Fsp3) is 0.364. The summed E-state index contributed by atoms with van der Waals surface area (Å²) in [5.74, 6) is -0.608. The van der Waals surface area contributed by atoms with Crippen LogP contribution in [-0.4, -0.2) is 49.6 Å². The highest BCUT2D eigenvalue weighted by molar-refractivity contribution is 5.98. The Labute approximate surface area is 169 Å². The van der Waals surface area contributed by atoms with Crippen molar-refractivity contribution in [1.29, 1.82) is 0 Å². The molecule has 7 nitrogen and oxygen atoms in total. The molecule has 1 amide bonds. The number of amides is 1. The van der Waals surface area contributed by atoms with Crippen molar-refractivity contribution >= 4 is 28.4 Å². The van der Waals surface area contributed by atoms with Crippen LogP contribution in [0.25, 0.3) is 11.1 Å². The minimum absolute atomic E-state index is 0.0319. The lowest BCUT2D eigenvalue weighted by Crippen LogP contribution is -2.32.